The molecule has 8 heteroatoms. The van der Waals surface area contributed by atoms with Crippen molar-refractivity contribution in [1.82, 2.24) is 19.7 Å². The van der Waals surface area contributed by atoms with E-state index in [-0.39, 0.29) is 5.69 Å². The van der Waals surface area contributed by atoms with Gasteiger partial charge in [0.2, 0.25) is 5.88 Å². The van der Waals surface area contributed by atoms with Gasteiger partial charge in [0.15, 0.2) is 0 Å². The molecule has 3 aromatic heterocycles. The van der Waals surface area contributed by atoms with Crippen molar-refractivity contribution in [2.24, 2.45) is 0 Å². The summed E-state index contributed by atoms with van der Waals surface area (Å²) in [6.07, 6.45) is 5.95. The molecule has 4 aromatic rings. The molecule has 0 atom stereocenters. The molecule has 0 unspecified atom stereocenters. The summed E-state index contributed by atoms with van der Waals surface area (Å²) >= 11 is 0. The first-order valence-corrected chi connectivity index (χ1v) is 9.56. The van der Waals surface area contributed by atoms with E-state index in [0.29, 0.717) is 22.9 Å². The highest BCUT2D eigenvalue weighted by atomic mass is 19.3. The first-order chi connectivity index (χ1) is 15.0. The molecule has 4 rings (SSSR count). The highest BCUT2D eigenvalue weighted by Gasteiger charge is 2.34. The van der Waals surface area contributed by atoms with Crippen LogP contribution in [0.4, 0.5) is 8.78 Å². The van der Waals surface area contributed by atoms with Crippen LogP contribution in [-0.4, -0.2) is 26.9 Å². The number of para-hydroxylation sites is 1. The summed E-state index contributed by atoms with van der Waals surface area (Å²) in [5.41, 5.74) is 1.97. The van der Waals surface area contributed by atoms with Crippen molar-refractivity contribution < 1.29 is 18.3 Å². The largest absolute Gasteiger partial charge is 0.496 e. The van der Waals surface area contributed by atoms with Gasteiger partial charge in [0.25, 0.3) is 0 Å². The summed E-state index contributed by atoms with van der Waals surface area (Å²) in [5, 5.41) is 3.92. The lowest BCUT2D eigenvalue weighted by Crippen LogP contribution is -2.23. The van der Waals surface area contributed by atoms with Crippen LogP contribution in [0.2, 0.25) is 0 Å². The minimum Gasteiger partial charge on any atom is -0.496 e. The fourth-order valence-corrected chi connectivity index (χ4v) is 3.15. The van der Waals surface area contributed by atoms with Gasteiger partial charge in [0, 0.05) is 23.5 Å². The lowest BCUT2D eigenvalue weighted by molar-refractivity contribution is -0.0297. The van der Waals surface area contributed by atoms with Crippen LogP contribution in [0.15, 0.2) is 73.3 Å². The number of halogens is 2. The molecule has 0 N–H and O–H groups in total. The van der Waals surface area contributed by atoms with E-state index in [1.54, 1.807) is 32.5 Å². The summed E-state index contributed by atoms with van der Waals surface area (Å²) in [4.78, 5) is 8.21. The molecule has 0 radical (unpaired) electrons. The summed E-state index contributed by atoms with van der Waals surface area (Å²) < 4.78 is 41.7. The number of ether oxygens (including phenoxy) is 2. The summed E-state index contributed by atoms with van der Waals surface area (Å²) in [6.45, 7) is 1.20. The van der Waals surface area contributed by atoms with Crippen molar-refractivity contribution in [2.45, 2.75) is 19.4 Å². The number of nitrogens with zero attached hydrogens (tertiary/aromatic N) is 4. The van der Waals surface area contributed by atoms with E-state index in [1.165, 1.54) is 29.2 Å². The number of hydrogen-bond donors (Lipinski definition) is 0. The van der Waals surface area contributed by atoms with Gasteiger partial charge in [0.05, 0.1) is 19.5 Å². The van der Waals surface area contributed by atoms with Gasteiger partial charge in [-0.1, -0.05) is 18.2 Å². The molecular formula is C23H20F2N4O2. The second kappa shape index (κ2) is 8.51. The van der Waals surface area contributed by atoms with Crippen LogP contribution in [0.5, 0.6) is 17.4 Å². The second-order valence-electron chi connectivity index (χ2n) is 6.96. The predicted molar refractivity (Wildman–Crippen MR) is 111 cm³/mol. The van der Waals surface area contributed by atoms with Gasteiger partial charge in [-0.15, -0.1) is 0 Å². The first kappa shape index (κ1) is 20.5. The number of benzene rings is 1. The maximum Gasteiger partial charge on any atom is 0.308 e. The van der Waals surface area contributed by atoms with E-state index in [1.807, 2.05) is 30.3 Å². The second-order valence-corrected chi connectivity index (χ2v) is 6.96. The van der Waals surface area contributed by atoms with Crippen LogP contribution in [0.1, 0.15) is 11.3 Å². The number of pyridine rings is 2. The molecule has 1 aromatic carbocycles. The smallest absolute Gasteiger partial charge is 0.308 e. The SMILES string of the molecule is COc1ccccc1-c1cccnc1Oc1ccc(C(F)(F)Cn2cc(C)cn2)nc1. The molecule has 6 nitrogen and oxygen atoms in total. The number of aromatic nitrogens is 4. The standard InChI is InChI=1S/C23H20F2N4O2/c1-16-12-28-29(14-16)15-23(24,25)21-10-9-17(13-27-21)31-22-19(7-5-11-26-22)18-6-3-4-8-20(18)30-2/h3-14H,15H2,1-2H3. The summed E-state index contributed by atoms with van der Waals surface area (Å²) in [6, 6.07) is 13.8. The first-order valence-electron chi connectivity index (χ1n) is 9.56. The van der Waals surface area contributed by atoms with E-state index >= 15 is 0 Å². The minimum absolute atomic E-state index is 0.296. The molecule has 0 aliphatic heterocycles. The highest BCUT2D eigenvalue weighted by Crippen LogP contribution is 2.37. The van der Waals surface area contributed by atoms with Gasteiger partial charge < -0.3 is 9.47 Å². The third-order valence-electron chi connectivity index (χ3n) is 4.62. The third kappa shape index (κ3) is 4.53. The van der Waals surface area contributed by atoms with E-state index in [4.69, 9.17) is 9.47 Å². The topological polar surface area (TPSA) is 62.1 Å². The molecule has 31 heavy (non-hydrogen) atoms. The molecule has 0 bridgehead atoms. The Morgan fingerprint density at radius 2 is 1.77 bits per heavy atom. The molecule has 0 aliphatic carbocycles. The molecule has 0 spiro atoms. The number of hydrogen-bond acceptors (Lipinski definition) is 5. The Balaban J connectivity index is 1.56. The average molecular weight is 422 g/mol. The maximum absolute atomic E-state index is 14.6. The van der Waals surface area contributed by atoms with Gasteiger partial charge in [-0.2, -0.15) is 13.9 Å². The average Bonchev–Trinajstić information content (AvgIpc) is 3.18. The van der Waals surface area contributed by atoms with E-state index in [9.17, 15) is 8.78 Å². The zero-order valence-corrected chi connectivity index (χ0v) is 17.0. The summed E-state index contributed by atoms with van der Waals surface area (Å²) in [5.74, 6) is -1.89. The van der Waals surface area contributed by atoms with E-state index in [0.717, 1.165) is 11.1 Å². The molecule has 158 valence electrons. The van der Waals surface area contributed by atoms with Crippen LogP contribution >= 0.6 is 0 Å². The van der Waals surface area contributed by atoms with E-state index in [2.05, 4.69) is 15.1 Å². The fraction of sp³-hybridized carbons (Fsp3) is 0.174. The van der Waals surface area contributed by atoms with Gasteiger partial charge in [-0.05, 0) is 42.8 Å². The van der Waals surface area contributed by atoms with Crippen molar-refractivity contribution in [3.05, 3.63) is 84.6 Å². The highest BCUT2D eigenvalue weighted by molar-refractivity contribution is 5.74. The molecule has 0 saturated heterocycles. The number of rotatable bonds is 7. The lowest BCUT2D eigenvalue weighted by Gasteiger charge is -2.16. The van der Waals surface area contributed by atoms with Gasteiger partial charge in [0.1, 0.15) is 23.7 Å². The number of methoxy groups -OCH3 is 1. The van der Waals surface area contributed by atoms with E-state index < -0.39 is 12.5 Å². The van der Waals surface area contributed by atoms with Crippen LogP contribution < -0.4 is 9.47 Å². The Kier molecular flexibility index (Phi) is 5.62. The molecule has 0 fully saturated rings. The fourth-order valence-electron chi connectivity index (χ4n) is 3.15. The minimum atomic E-state index is -3.18. The third-order valence-corrected chi connectivity index (χ3v) is 4.62. The zero-order valence-electron chi connectivity index (χ0n) is 17.0. The molecule has 3 heterocycles. The Bertz CT molecular complexity index is 1180. The lowest BCUT2D eigenvalue weighted by atomic mass is 10.1. The molecular weight excluding hydrogens is 402 g/mol. The van der Waals surface area contributed by atoms with Gasteiger partial charge in [-0.25, -0.2) is 4.98 Å². The monoisotopic (exact) mass is 422 g/mol. The molecule has 0 amide bonds. The van der Waals surface area contributed by atoms with Crippen molar-refractivity contribution in [3.63, 3.8) is 0 Å². The number of aryl methyl sites for hydroxylation is 1. The van der Waals surface area contributed by atoms with Crippen LogP contribution in [-0.2, 0) is 12.5 Å². The van der Waals surface area contributed by atoms with Crippen molar-refractivity contribution in [2.75, 3.05) is 7.11 Å². The van der Waals surface area contributed by atoms with Crippen molar-refractivity contribution >= 4 is 0 Å². The van der Waals surface area contributed by atoms with Gasteiger partial charge in [-0.3, -0.25) is 9.67 Å². The Morgan fingerprint density at radius 3 is 2.48 bits per heavy atom. The molecule has 0 aliphatic rings. The normalized spacial score (nSPS) is 11.4. The van der Waals surface area contributed by atoms with Crippen molar-refractivity contribution in [1.29, 1.82) is 0 Å². The predicted octanol–water partition coefficient (Wildman–Crippen LogP) is 5.24. The zero-order chi connectivity index (χ0) is 21.8. The Morgan fingerprint density at radius 1 is 0.968 bits per heavy atom. The van der Waals surface area contributed by atoms with Crippen LogP contribution in [0.3, 0.4) is 0 Å². The molecule has 0 saturated carbocycles. The van der Waals surface area contributed by atoms with Crippen molar-refractivity contribution in [3.8, 4) is 28.5 Å². The van der Waals surface area contributed by atoms with Gasteiger partial charge >= 0.3 is 5.92 Å². The quantitative estimate of drug-likeness (QED) is 0.408. The Hall–Kier alpha value is -3.81. The van der Waals surface area contributed by atoms with Crippen LogP contribution in [0.25, 0.3) is 11.1 Å². The number of alkyl halides is 2. The summed E-state index contributed by atoms with van der Waals surface area (Å²) in [7, 11) is 1.59. The Labute approximate surface area is 178 Å². The maximum atomic E-state index is 14.6. The van der Waals surface area contributed by atoms with Crippen LogP contribution in [0, 0.1) is 6.92 Å².